The molecule has 2 atom stereocenters. The highest BCUT2D eigenvalue weighted by atomic mass is 35.5. The molecule has 0 amide bonds. The molecule has 3 nitrogen and oxygen atoms in total. The van der Waals surface area contributed by atoms with Crippen molar-refractivity contribution in [3.05, 3.63) is 29.3 Å². The van der Waals surface area contributed by atoms with Gasteiger partial charge in [-0.15, -0.1) is 0 Å². The molecule has 1 aliphatic rings. The first-order chi connectivity index (χ1) is 8.06. The lowest BCUT2D eigenvalue weighted by atomic mass is 9.88. The van der Waals surface area contributed by atoms with E-state index in [1.54, 1.807) is 6.07 Å². The minimum atomic E-state index is -0.870. The largest absolute Gasteiger partial charge is 0.479 e. The van der Waals surface area contributed by atoms with Crippen LogP contribution >= 0.6 is 11.6 Å². The van der Waals surface area contributed by atoms with E-state index in [0.717, 1.165) is 12.8 Å². The number of aliphatic carboxylic acids is 1. The Morgan fingerprint density at radius 1 is 1.53 bits per heavy atom. The molecular weight excluding hydrogens is 238 g/mol. The Labute approximate surface area is 106 Å². The molecule has 1 saturated carbocycles. The van der Waals surface area contributed by atoms with Crippen molar-refractivity contribution in [3.63, 3.8) is 0 Å². The molecule has 0 aromatic heterocycles. The van der Waals surface area contributed by atoms with Crippen LogP contribution in [0.25, 0.3) is 0 Å². The zero-order valence-electron chi connectivity index (χ0n) is 9.74. The second-order valence-electron chi connectivity index (χ2n) is 4.67. The fraction of sp³-hybridized carbons (Fsp3) is 0.462. The highest BCUT2D eigenvalue weighted by Crippen LogP contribution is 2.39. The zero-order chi connectivity index (χ0) is 12.5. The third kappa shape index (κ3) is 2.12. The minimum Gasteiger partial charge on any atom is -0.479 e. The molecule has 0 spiro atoms. The topological polar surface area (TPSA) is 49.3 Å². The highest BCUT2D eigenvalue weighted by Gasteiger charge is 2.47. The Bertz CT molecular complexity index is 435. The minimum absolute atomic E-state index is 0.108. The molecule has 2 rings (SSSR count). The molecule has 1 aromatic carbocycles. The summed E-state index contributed by atoms with van der Waals surface area (Å²) >= 11 is 6.06. The normalized spacial score (nSPS) is 28.0. The molecule has 1 aliphatic carbocycles. The van der Waals surface area contributed by atoms with E-state index in [-0.39, 0.29) is 5.92 Å². The van der Waals surface area contributed by atoms with E-state index in [2.05, 4.69) is 5.32 Å². The Morgan fingerprint density at radius 3 is 2.76 bits per heavy atom. The van der Waals surface area contributed by atoms with Gasteiger partial charge in [-0.25, -0.2) is 4.79 Å². The van der Waals surface area contributed by atoms with E-state index in [0.29, 0.717) is 17.1 Å². The molecule has 2 unspecified atom stereocenters. The lowest BCUT2D eigenvalue weighted by Gasteiger charge is -2.31. The zero-order valence-corrected chi connectivity index (χ0v) is 10.5. The van der Waals surface area contributed by atoms with Crippen molar-refractivity contribution in [2.24, 2.45) is 5.92 Å². The SMILES string of the molecule is CC1CCCC1(Nc1ccccc1Cl)C(=O)O. The average Bonchev–Trinajstić information content (AvgIpc) is 2.65. The van der Waals surface area contributed by atoms with Gasteiger partial charge < -0.3 is 10.4 Å². The quantitative estimate of drug-likeness (QED) is 0.868. The number of benzene rings is 1. The van der Waals surface area contributed by atoms with Crippen molar-refractivity contribution in [3.8, 4) is 0 Å². The Morgan fingerprint density at radius 2 is 2.24 bits per heavy atom. The summed E-state index contributed by atoms with van der Waals surface area (Å²) in [6, 6.07) is 7.26. The number of rotatable bonds is 3. The fourth-order valence-electron chi connectivity index (χ4n) is 2.54. The van der Waals surface area contributed by atoms with Gasteiger partial charge in [0.2, 0.25) is 0 Å². The van der Waals surface area contributed by atoms with Gasteiger partial charge in [-0.3, -0.25) is 0 Å². The van der Waals surface area contributed by atoms with Gasteiger partial charge in [0.15, 0.2) is 0 Å². The number of anilines is 1. The summed E-state index contributed by atoms with van der Waals surface area (Å²) in [6.45, 7) is 1.98. The number of hydrogen-bond donors (Lipinski definition) is 2. The van der Waals surface area contributed by atoms with Crippen LogP contribution in [0, 0.1) is 5.92 Å². The number of carboxylic acids is 1. The lowest BCUT2D eigenvalue weighted by molar-refractivity contribution is -0.143. The van der Waals surface area contributed by atoms with Crippen LogP contribution in [0.15, 0.2) is 24.3 Å². The van der Waals surface area contributed by atoms with Crippen LogP contribution in [0.2, 0.25) is 5.02 Å². The van der Waals surface area contributed by atoms with Crippen LogP contribution < -0.4 is 5.32 Å². The Kier molecular flexibility index (Phi) is 3.29. The van der Waals surface area contributed by atoms with Crippen LogP contribution in [0.1, 0.15) is 26.2 Å². The van der Waals surface area contributed by atoms with Crippen LogP contribution in [0.4, 0.5) is 5.69 Å². The molecule has 0 aliphatic heterocycles. The molecule has 0 heterocycles. The first kappa shape index (κ1) is 12.2. The summed E-state index contributed by atoms with van der Waals surface area (Å²) in [5.41, 5.74) is -0.171. The van der Waals surface area contributed by atoms with Crippen LogP contribution in [-0.4, -0.2) is 16.6 Å². The van der Waals surface area contributed by atoms with Crippen molar-refractivity contribution in [1.29, 1.82) is 0 Å². The number of para-hydroxylation sites is 1. The van der Waals surface area contributed by atoms with Gasteiger partial charge in [0.05, 0.1) is 10.7 Å². The van der Waals surface area contributed by atoms with Gasteiger partial charge in [0, 0.05) is 0 Å². The van der Waals surface area contributed by atoms with E-state index in [1.165, 1.54) is 0 Å². The number of hydrogen-bond acceptors (Lipinski definition) is 2. The van der Waals surface area contributed by atoms with Crippen LogP contribution in [0.5, 0.6) is 0 Å². The van der Waals surface area contributed by atoms with Gasteiger partial charge in [-0.2, -0.15) is 0 Å². The molecule has 2 N–H and O–H groups in total. The van der Waals surface area contributed by atoms with Gasteiger partial charge in [-0.05, 0) is 30.9 Å². The van der Waals surface area contributed by atoms with E-state index < -0.39 is 11.5 Å². The molecule has 0 radical (unpaired) electrons. The predicted molar refractivity (Wildman–Crippen MR) is 68.5 cm³/mol. The molecule has 0 bridgehead atoms. The van der Waals surface area contributed by atoms with Crippen molar-refractivity contribution in [1.82, 2.24) is 0 Å². The molecular formula is C13H16ClNO2. The number of nitrogens with one attached hydrogen (secondary N) is 1. The van der Waals surface area contributed by atoms with Crippen molar-refractivity contribution < 1.29 is 9.90 Å². The van der Waals surface area contributed by atoms with Crippen LogP contribution in [0.3, 0.4) is 0 Å². The highest BCUT2D eigenvalue weighted by molar-refractivity contribution is 6.33. The summed E-state index contributed by atoms with van der Waals surface area (Å²) in [5.74, 6) is -0.682. The molecule has 1 fully saturated rings. The fourth-order valence-corrected chi connectivity index (χ4v) is 2.72. The Hall–Kier alpha value is -1.22. The van der Waals surface area contributed by atoms with Gasteiger partial charge in [-0.1, -0.05) is 37.1 Å². The monoisotopic (exact) mass is 253 g/mol. The number of carbonyl (C=O) groups is 1. The second-order valence-corrected chi connectivity index (χ2v) is 5.08. The Balaban J connectivity index is 2.31. The predicted octanol–water partition coefficient (Wildman–Crippen LogP) is 3.40. The van der Waals surface area contributed by atoms with Gasteiger partial charge >= 0.3 is 5.97 Å². The first-order valence-corrected chi connectivity index (χ1v) is 6.20. The van der Waals surface area contributed by atoms with Crippen molar-refractivity contribution in [2.45, 2.75) is 31.7 Å². The smallest absolute Gasteiger partial charge is 0.329 e. The maximum absolute atomic E-state index is 11.5. The maximum atomic E-state index is 11.5. The lowest BCUT2D eigenvalue weighted by Crippen LogP contribution is -2.48. The molecule has 92 valence electrons. The summed E-state index contributed by atoms with van der Waals surface area (Å²) in [5, 5.41) is 13.2. The van der Waals surface area contributed by atoms with Crippen molar-refractivity contribution >= 4 is 23.3 Å². The molecule has 17 heavy (non-hydrogen) atoms. The summed E-state index contributed by atoms with van der Waals surface area (Å²) in [7, 11) is 0. The third-order valence-corrected chi connectivity index (χ3v) is 3.99. The molecule has 1 aromatic rings. The first-order valence-electron chi connectivity index (χ1n) is 5.82. The third-order valence-electron chi connectivity index (χ3n) is 3.66. The van der Waals surface area contributed by atoms with Gasteiger partial charge in [0.1, 0.15) is 5.54 Å². The van der Waals surface area contributed by atoms with Gasteiger partial charge in [0.25, 0.3) is 0 Å². The summed E-state index contributed by atoms with van der Waals surface area (Å²) in [6.07, 6.45) is 2.52. The number of carboxylic acid groups (broad SMARTS) is 1. The van der Waals surface area contributed by atoms with E-state index in [4.69, 9.17) is 11.6 Å². The second kappa shape index (κ2) is 4.57. The maximum Gasteiger partial charge on any atom is 0.329 e. The summed E-state index contributed by atoms with van der Waals surface area (Å²) < 4.78 is 0. The van der Waals surface area contributed by atoms with Crippen LogP contribution in [-0.2, 0) is 4.79 Å². The average molecular weight is 254 g/mol. The van der Waals surface area contributed by atoms with Crippen molar-refractivity contribution in [2.75, 3.05) is 5.32 Å². The van der Waals surface area contributed by atoms with E-state index in [9.17, 15) is 9.90 Å². The summed E-state index contributed by atoms with van der Waals surface area (Å²) in [4.78, 5) is 11.5. The van der Waals surface area contributed by atoms with E-state index >= 15 is 0 Å². The van der Waals surface area contributed by atoms with E-state index in [1.807, 2.05) is 25.1 Å². The molecule has 4 heteroatoms. The molecule has 0 saturated heterocycles. The number of halogens is 1. The standard InChI is InChI=1S/C13H16ClNO2/c1-9-5-4-8-13(9,12(16)17)15-11-7-3-2-6-10(11)14/h2-3,6-7,9,15H,4-5,8H2,1H3,(H,16,17).